The van der Waals surface area contributed by atoms with Gasteiger partial charge in [-0.05, 0) is 44.4 Å². The van der Waals surface area contributed by atoms with Gasteiger partial charge in [-0.3, -0.25) is 9.59 Å². The van der Waals surface area contributed by atoms with Gasteiger partial charge in [0, 0.05) is 24.5 Å². The van der Waals surface area contributed by atoms with Gasteiger partial charge < -0.3 is 15.0 Å². The third kappa shape index (κ3) is 4.41. The van der Waals surface area contributed by atoms with Crippen molar-refractivity contribution in [2.45, 2.75) is 46.1 Å². The first-order valence-electron chi connectivity index (χ1n) is 8.28. The molecule has 1 heterocycles. The zero-order valence-corrected chi connectivity index (χ0v) is 15.4. The van der Waals surface area contributed by atoms with Crippen molar-refractivity contribution in [1.82, 2.24) is 5.32 Å². The minimum Gasteiger partial charge on any atom is -0.476 e. The summed E-state index contributed by atoms with van der Waals surface area (Å²) in [6, 6.07) is 5.17. The maximum atomic E-state index is 12.7. The van der Waals surface area contributed by atoms with E-state index in [0.717, 1.165) is 6.42 Å². The molecular formula is C18H25ClN2O3. The lowest BCUT2D eigenvalue weighted by molar-refractivity contribution is -0.132. The van der Waals surface area contributed by atoms with E-state index in [1.807, 2.05) is 0 Å². The Bertz CT molecular complexity index is 629. The average Bonchev–Trinajstić information content (AvgIpc) is 2.48. The van der Waals surface area contributed by atoms with Crippen LogP contribution in [-0.2, 0) is 9.59 Å². The van der Waals surface area contributed by atoms with Crippen LogP contribution < -0.4 is 15.0 Å². The average molecular weight is 353 g/mol. The number of hydrogen-bond donors (Lipinski definition) is 1. The third-order valence-corrected chi connectivity index (χ3v) is 4.18. The van der Waals surface area contributed by atoms with Crippen molar-refractivity contribution in [3.05, 3.63) is 23.2 Å². The molecule has 0 unspecified atom stereocenters. The van der Waals surface area contributed by atoms with E-state index in [1.165, 1.54) is 0 Å². The zero-order chi connectivity index (χ0) is 17.9. The molecule has 5 nitrogen and oxygen atoms in total. The monoisotopic (exact) mass is 352 g/mol. The molecule has 1 aliphatic heterocycles. The summed E-state index contributed by atoms with van der Waals surface area (Å²) in [5.74, 6) is 0.911. The van der Waals surface area contributed by atoms with Crippen molar-refractivity contribution in [1.29, 1.82) is 0 Å². The number of hydrogen-bond acceptors (Lipinski definition) is 3. The first kappa shape index (κ1) is 18.6. The van der Waals surface area contributed by atoms with Crippen molar-refractivity contribution in [2.75, 3.05) is 18.0 Å². The molecular weight excluding hydrogens is 328 g/mol. The first-order valence-corrected chi connectivity index (χ1v) is 8.65. The number of nitrogens with zero attached hydrogens (tertiary/aromatic N) is 1. The predicted octanol–water partition coefficient (Wildman–Crippen LogP) is 3.40. The number of halogens is 1. The van der Waals surface area contributed by atoms with E-state index in [-0.39, 0.29) is 18.2 Å². The second-order valence-corrected chi connectivity index (χ2v) is 7.40. The number of anilines is 1. The zero-order valence-electron chi connectivity index (χ0n) is 14.7. The van der Waals surface area contributed by atoms with Gasteiger partial charge in [0.1, 0.15) is 5.75 Å². The number of fused-ring (bicyclic) bond motifs is 1. The SMILES string of the molecule is CC(C)CCNC(=O)CCN1C(=O)C(C)(C)Oc2ccc(Cl)cc21. The highest BCUT2D eigenvalue weighted by molar-refractivity contribution is 6.31. The van der Waals surface area contributed by atoms with E-state index in [1.54, 1.807) is 36.9 Å². The fourth-order valence-corrected chi connectivity index (χ4v) is 2.73. The Morgan fingerprint density at radius 2 is 2.08 bits per heavy atom. The van der Waals surface area contributed by atoms with Crippen LogP contribution >= 0.6 is 11.6 Å². The van der Waals surface area contributed by atoms with E-state index in [2.05, 4.69) is 19.2 Å². The van der Waals surface area contributed by atoms with Crippen LogP contribution in [0.4, 0.5) is 5.69 Å². The van der Waals surface area contributed by atoms with E-state index >= 15 is 0 Å². The van der Waals surface area contributed by atoms with Crippen LogP contribution in [0.3, 0.4) is 0 Å². The van der Waals surface area contributed by atoms with Crippen LogP contribution in [0.2, 0.25) is 5.02 Å². The van der Waals surface area contributed by atoms with Gasteiger partial charge in [-0.1, -0.05) is 25.4 Å². The number of rotatable bonds is 6. The number of carbonyl (C=O) groups excluding carboxylic acids is 2. The van der Waals surface area contributed by atoms with Crippen molar-refractivity contribution >= 4 is 29.1 Å². The van der Waals surface area contributed by atoms with Gasteiger partial charge in [0.05, 0.1) is 5.69 Å². The Morgan fingerprint density at radius 1 is 1.38 bits per heavy atom. The number of benzene rings is 1. The molecule has 6 heteroatoms. The van der Waals surface area contributed by atoms with Gasteiger partial charge in [0.2, 0.25) is 5.91 Å². The molecule has 0 saturated heterocycles. The Hall–Kier alpha value is -1.75. The second-order valence-electron chi connectivity index (χ2n) is 6.96. The fraction of sp³-hybridized carbons (Fsp3) is 0.556. The highest BCUT2D eigenvalue weighted by Gasteiger charge is 2.40. The Morgan fingerprint density at radius 3 is 2.75 bits per heavy atom. The largest absolute Gasteiger partial charge is 0.476 e. The van der Waals surface area contributed by atoms with Gasteiger partial charge in [-0.15, -0.1) is 0 Å². The van der Waals surface area contributed by atoms with E-state index < -0.39 is 5.60 Å². The molecule has 24 heavy (non-hydrogen) atoms. The molecule has 0 aliphatic carbocycles. The summed E-state index contributed by atoms with van der Waals surface area (Å²) in [5.41, 5.74) is -0.351. The Labute approximate surface area is 148 Å². The van der Waals surface area contributed by atoms with Crippen molar-refractivity contribution < 1.29 is 14.3 Å². The Balaban J connectivity index is 2.07. The normalized spacial score (nSPS) is 15.9. The molecule has 2 amide bonds. The molecule has 0 atom stereocenters. The molecule has 1 aromatic rings. The number of ether oxygens (including phenoxy) is 1. The standard InChI is InChI=1S/C18H25ClN2O3/c1-12(2)7-9-20-16(22)8-10-21-14-11-13(19)5-6-15(14)24-18(3,4)17(21)23/h5-6,11-12H,7-10H2,1-4H3,(H,20,22). The molecule has 1 N–H and O–H groups in total. The van der Waals surface area contributed by atoms with Crippen molar-refractivity contribution in [3.8, 4) is 5.75 Å². The van der Waals surface area contributed by atoms with Crippen LogP contribution in [0.1, 0.15) is 40.5 Å². The van der Waals surface area contributed by atoms with Crippen LogP contribution in [0.5, 0.6) is 5.75 Å². The van der Waals surface area contributed by atoms with Crippen molar-refractivity contribution in [2.24, 2.45) is 5.92 Å². The number of amides is 2. The van der Waals surface area contributed by atoms with Gasteiger partial charge >= 0.3 is 0 Å². The molecule has 1 aromatic carbocycles. The summed E-state index contributed by atoms with van der Waals surface area (Å²) in [7, 11) is 0. The summed E-state index contributed by atoms with van der Waals surface area (Å²) in [5, 5.41) is 3.41. The maximum Gasteiger partial charge on any atom is 0.270 e. The van der Waals surface area contributed by atoms with Crippen LogP contribution in [-0.4, -0.2) is 30.5 Å². The summed E-state index contributed by atoms with van der Waals surface area (Å²) in [6.45, 7) is 8.63. The molecule has 0 aromatic heterocycles. The number of nitrogens with one attached hydrogen (secondary N) is 1. The fourth-order valence-electron chi connectivity index (χ4n) is 2.56. The van der Waals surface area contributed by atoms with E-state index in [4.69, 9.17) is 16.3 Å². The predicted molar refractivity (Wildman–Crippen MR) is 95.6 cm³/mol. The molecule has 1 aliphatic rings. The summed E-state index contributed by atoms with van der Waals surface area (Å²) >= 11 is 6.05. The summed E-state index contributed by atoms with van der Waals surface area (Å²) < 4.78 is 5.76. The first-order chi connectivity index (χ1) is 11.2. The molecule has 2 rings (SSSR count). The molecule has 0 spiro atoms. The van der Waals surface area contributed by atoms with Gasteiger partial charge in [-0.25, -0.2) is 0 Å². The van der Waals surface area contributed by atoms with Gasteiger partial charge in [0.15, 0.2) is 5.60 Å². The minimum atomic E-state index is -0.963. The topological polar surface area (TPSA) is 58.6 Å². The lowest BCUT2D eigenvalue weighted by atomic mass is 10.0. The van der Waals surface area contributed by atoms with Gasteiger partial charge in [0.25, 0.3) is 5.91 Å². The maximum absolute atomic E-state index is 12.7. The van der Waals surface area contributed by atoms with Crippen LogP contribution in [0.25, 0.3) is 0 Å². The second kappa shape index (κ2) is 7.43. The molecule has 0 radical (unpaired) electrons. The lowest BCUT2D eigenvalue weighted by Crippen LogP contribution is -2.53. The molecule has 0 saturated carbocycles. The highest BCUT2D eigenvalue weighted by Crippen LogP contribution is 2.39. The quantitative estimate of drug-likeness (QED) is 0.853. The highest BCUT2D eigenvalue weighted by atomic mass is 35.5. The summed E-state index contributed by atoms with van der Waals surface area (Å²) in [6.07, 6.45) is 1.18. The minimum absolute atomic E-state index is 0.0590. The molecule has 0 bridgehead atoms. The smallest absolute Gasteiger partial charge is 0.270 e. The van der Waals surface area contributed by atoms with E-state index in [0.29, 0.717) is 35.5 Å². The summed E-state index contributed by atoms with van der Waals surface area (Å²) in [4.78, 5) is 26.3. The van der Waals surface area contributed by atoms with Crippen molar-refractivity contribution in [3.63, 3.8) is 0 Å². The number of carbonyl (C=O) groups is 2. The molecule has 132 valence electrons. The van der Waals surface area contributed by atoms with Gasteiger partial charge in [-0.2, -0.15) is 0 Å². The van der Waals surface area contributed by atoms with Crippen LogP contribution in [0, 0.1) is 5.92 Å². The van der Waals surface area contributed by atoms with Crippen LogP contribution in [0.15, 0.2) is 18.2 Å². The van der Waals surface area contributed by atoms with E-state index in [9.17, 15) is 9.59 Å². The Kier molecular flexibility index (Phi) is 5.75. The lowest BCUT2D eigenvalue weighted by Gasteiger charge is -2.38. The molecule has 0 fully saturated rings. The third-order valence-electron chi connectivity index (χ3n) is 3.94.